The number of thiocyanates is 1. The highest BCUT2D eigenvalue weighted by Gasteiger charge is 2.01. The number of hydrogen-bond acceptors (Lipinski definition) is 5. The molecule has 0 aliphatic rings. The minimum atomic E-state index is -0.921. The summed E-state index contributed by atoms with van der Waals surface area (Å²) < 4.78 is 0.501. The van der Waals surface area contributed by atoms with Gasteiger partial charge in [0, 0.05) is 0 Å². The molecule has 1 aromatic rings. The second kappa shape index (κ2) is 3.10. The molecule has 0 aromatic carbocycles. The molecule has 0 saturated carbocycles. The summed E-state index contributed by atoms with van der Waals surface area (Å²) in [5.41, 5.74) is -2.73. The highest BCUT2D eigenvalue weighted by molar-refractivity contribution is 8.02. The molecule has 1 rings (SSSR count). The number of aromatic nitrogens is 3. The van der Waals surface area contributed by atoms with Crippen molar-refractivity contribution in [2.24, 2.45) is 0 Å². The Bertz CT molecular complexity index is 454. The maximum absolute atomic E-state index is 10.8. The first kappa shape index (κ1) is 8.35. The van der Waals surface area contributed by atoms with Crippen LogP contribution >= 0.6 is 11.9 Å². The Hall–Kier alpha value is -1.75. The van der Waals surface area contributed by atoms with Gasteiger partial charge in [-0.05, 0) is 0 Å². The van der Waals surface area contributed by atoms with E-state index in [1.54, 1.807) is 9.97 Å². The second-order valence-corrected chi connectivity index (χ2v) is 2.40. The Kier molecular flexibility index (Phi) is 2.16. The largest absolute Gasteiger partial charge is 0.344 e. The predicted molar refractivity (Wildman–Crippen MR) is 40.5 cm³/mol. The van der Waals surface area contributed by atoms with Crippen LogP contribution < -0.4 is 17.1 Å². The minimum Gasteiger partial charge on any atom is -0.258 e. The van der Waals surface area contributed by atoms with E-state index in [1.165, 1.54) is 5.40 Å². The maximum atomic E-state index is 10.8. The first-order valence-electron chi connectivity index (χ1n) is 2.67. The molecule has 0 amide bonds. The molecule has 8 heteroatoms. The van der Waals surface area contributed by atoms with Gasteiger partial charge in [0.1, 0.15) is 0 Å². The van der Waals surface area contributed by atoms with E-state index >= 15 is 0 Å². The van der Waals surface area contributed by atoms with Crippen LogP contribution in [-0.2, 0) is 0 Å². The van der Waals surface area contributed by atoms with Crippen molar-refractivity contribution in [1.29, 1.82) is 5.26 Å². The molecule has 0 radical (unpaired) electrons. The molecule has 1 aromatic heterocycles. The van der Waals surface area contributed by atoms with Crippen molar-refractivity contribution in [3.8, 4) is 5.40 Å². The highest BCUT2D eigenvalue weighted by Crippen LogP contribution is 1.89. The van der Waals surface area contributed by atoms with E-state index in [-0.39, 0.29) is 0 Å². The van der Waals surface area contributed by atoms with Gasteiger partial charge in [0.2, 0.25) is 0 Å². The highest BCUT2D eigenvalue weighted by atomic mass is 32.2. The van der Waals surface area contributed by atoms with E-state index in [0.717, 1.165) is 0 Å². The van der Waals surface area contributed by atoms with Gasteiger partial charge < -0.3 is 0 Å². The molecule has 0 aliphatic carbocycles. The minimum absolute atomic E-state index is 0.333. The zero-order chi connectivity index (χ0) is 9.14. The Morgan fingerprint density at radius 2 is 1.75 bits per heavy atom. The fourth-order valence-corrected chi connectivity index (χ4v) is 0.882. The summed E-state index contributed by atoms with van der Waals surface area (Å²) in [7, 11) is 0. The Morgan fingerprint density at radius 3 is 2.17 bits per heavy atom. The van der Waals surface area contributed by atoms with E-state index in [1.807, 2.05) is 0 Å². The van der Waals surface area contributed by atoms with Gasteiger partial charge in [-0.2, -0.15) is 9.23 Å². The topological polar surface area (TPSA) is 112 Å². The summed E-state index contributed by atoms with van der Waals surface area (Å²) in [6.07, 6.45) is 0. The third-order valence-corrected chi connectivity index (χ3v) is 1.54. The van der Waals surface area contributed by atoms with Crippen LogP contribution in [-0.4, -0.2) is 13.9 Å². The van der Waals surface area contributed by atoms with Crippen LogP contribution in [0.3, 0.4) is 0 Å². The zero-order valence-electron chi connectivity index (χ0n) is 5.53. The summed E-state index contributed by atoms with van der Waals surface area (Å²) in [5.74, 6) is 0. The molecule has 0 saturated heterocycles. The summed E-state index contributed by atoms with van der Waals surface area (Å²) in [5, 5.41) is 9.67. The lowest BCUT2D eigenvalue weighted by atomic mass is 11.0. The van der Waals surface area contributed by atoms with Crippen LogP contribution in [0, 0.1) is 10.7 Å². The first-order valence-corrected chi connectivity index (χ1v) is 3.44. The lowest BCUT2D eigenvalue weighted by molar-refractivity contribution is 0.853. The molecular formula is C4H2N4O3S. The summed E-state index contributed by atoms with van der Waals surface area (Å²) in [6.45, 7) is 0. The third kappa shape index (κ3) is 1.46. The van der Waals surface area contributed by atoms with Gasteiger partial charge in [0.15, 0.2) is 5.40 Å². The molecule has 0 atom stereocenters. The number of nitriles is 1. The molecule has 0 fully saturated rings. The average Bonchev–Trinajstić information content (AvgIpc) is 1.96. The summed E-state index contributed by atoms with van der Waals surface area (Å²) >= 11 is 0.333. The fraction of sp³-hybridized carbons (Fsp3) is 0. The molecule has 1 heterocycles. The monoisotopic (exact) mass is 186 g/mol. The Balaban J connectivity index is 3.52. The van der Waals surface area contributed by atoms with Crippen molar-refractivity contribution in [2.45, 2.75) is 0 Å². The quantitative estimate of drug-likeness (QED) is 0.502. The molecule has 0 unspecified atom stereocenters. The molecular weight excluding hydrogens is 184 g/mol. The smallest absolute Gasteiger partial charge is 0.258 e. The molecule has 62 valence electrons. The van der Waals surface area contributed by atoms with E-state index < -0.39 is 17.1 Å². The van der Waals surface area contributed by atoms with Gasteiger partial charge in [0.05, 0.1) is 11.9 Å². The van der Waals surface area contributed by atoms with E-state index in [2.05, 4.69) is 0 Å². The average molecular weight is 186 g/mol. The van der Waals surface area contributed by atoms with Crippen LogP contribution in [0.1, 0.15) is 0 Å². The Morgan fingerprint density at radius 1 is 1.25 bits per heavy atom. The van der Waals surface area contributed by atoms with Crippen LogP contribution in [0.15, 0.2) is 14.4 Å². The third-order valence-electron chi connectivity index (χ3n) is 0.942. The van der Waals surface area contributed by atoms with Crippen molar-refractivity contribution in [3.05, 3.63) is 31.5 Å². The number of nitrogens with one attached hydrogen (secondary N) is 2. The molecule has 2 N–H and O–H groups in total. The van der Waals surface area contributed by atoms with Crippen LogP contribution in [0.2, 0.25) is 0 Å². The van der Waals surface area contributed by atoms with Gasteiger partial charge in [-0.3, -0.25) is 9.97 Å². The van der Waals surface area contributed by atoms with Crippen LogP contribution in [0.5, 0.6) is 0 Å². The Labute approximate surface area is 68.8 Å². The molecule has 7 nitrogen and oxygen atoms in total. The van der Waals surface area contributed by atoms with Gasteiger partial charge >= 0.3 is 17.1 Å². The predicted octanol–water partition coefficient (Wildman–Crippen LogP) is -1.80. The standard InChI is InChI=1S/C4H2N4O3S/c5-1-12-8-3(10)6-2(9)7-4(8)11/h(H2,6,7,9,10,11). The molecule has 0 bridgehead atoms. The summed E-state index contributed by atoms with van der Waals surface area (Å²) in [6, 6.07) is 0. The second-order valence-electron chi connectivity index (χ2n) is 1.67. The van der Waals surface area contributed by atoms with Crippen molar-refractivity contribution in [1.82, 2.24) is 13.9 Å². The zero-order valence-corrected chi connectivity index (χ0v) is 6.34. The SMILES string of the molecule is N#CSn1c(=O)[nH]c(=O)[nH]c1=O. The van der Waals surface area contributed by atoms with Gasteiger partial charge in [-0.25, -0.2) is 14.4 Å². The normalized spacial score (nSPS) is 9.25. The molecule has 0 aliphatic heterocycles. The van der Waals surface area contributed by atoms with Crippen molar-refractivity contribution >= 4 is 11.9 Å². The van der Waals surface area contributed by atoms with Crippen molar-refractivity contribution in [3.63, 3.8) is 0 Å². The maximum Gasteiger partial charge on any atom is 0.344 e. The van der Waals surface area contributed by atoms with Gasteiger partial charge in [0.25, 0.3) is 0 Å². The van der Waals surface area contributed by atoms with Crippen molar-refractivity contribution < 1.29 is 0 Å². The first-order chi connectivity index (χ1) is 5.65. The fourth-order valence-electron chi connectivity index (χ4n) is 0.543. The van der Waals surface area contributed by atoms with E-state index in [0.29, 0.717) is 15.9 Å². The summed E-state index contributed by atoms with van der Waals surface area (Å²) in [4.78, 5) is 35.6. The lowest BCUT2D eigenvalue weighted by Gasteiger charge is -1.91. The number of aromatic amines is 2. The molecule has 12 heavy (non-hydrogen) atoms. The number of rotatable bonds is 1. The van der Waals surface area contributed by atoms with Gasteiger partial charge in [-0.15, -0.1) is 0 Å². The van der Waals surface area contributed by atoms with Crippen LogP contribution in [0.4, 0.5) is 0 Å². The molecule has 0 spiro atoms. The lowest BCUT2D eigenvalue weighted by Crippen LogP contribution is -2.40. The van der Waals surface area contributed by atoms with E-state index in [9.17, 15) is 14.4 Å². The number of nitrogens with zero attached hydrogens (tertiary/aromatic N) is 2. The van der Waals surface area contributed by atoms with Crippen LogP contribution in [0.25, 0.3) is 0 Å². The van der Waals surface area contributed by atoms with E-state index in [4.69, 9.17) is 5.26 Å². The van der Waals surface area contributed by atoms with Gasteiger partial charge in [-0.1, -0.05) is 0 Å². The number of hydrogen-bond donors (Lipinski definition) is 2. The number of H-pyrrole nitrogens is 2. The van der Waals surface area contributed by atoms with Crippen molar-refractivity contribution in [2.75, 3.05) is 0 Å².